The lowest BCUT2D eigenvalue weighted by Gasteiger charge is -2.22. The van der Waals surface area contributed by atoms with Crippen LogP contribution in [0.5, 0.6) is 0 Å². The van der Waals surface area contributed by atoms with E-state index in [-0.39, 0.29) is 5.41 Å². The van der Waals surface area contributed by atoms with Gasteiger partial charge in [0.1, 0.15) is 7.85 Å². The van der Waals surface area contributed by atoms with Crippen molar-refractivity contribution in [1.29, 1.82) is 0 Å². The van der Waals surface area contributed by atoms with Crippen LogP contribution in [0.15, 0.2) is 78.9 Å². The average Bonchev–Trinajstić information content (AvgIpc) is 2.93. The first-order valence-corrected chi connectivity index (χ1v) is 9.84. The second kappa shape index (κ2) is 5.26. The minimum Gasteiger partial charge on any atom is -0.0963 e. The molecule has 1 heteroatoms. The Kier molecular flexibility index (Phi) is 3.00. The molecule has 0 fully saturated rings. The van der Waals surface area contributed by atoms with Gasteiger partial charge in [-0.3, -0.25) is 0 Å². The summed E-state index contributed by atoms with van der Waals surface area (Å²) in [5.41, 5.74) is 6.15. The topological polar surface area (TPSA) is 0 Å². The normalized spacial score (nSPS) is 14.5. The lowest BCUT2D eigenvalue weighted by molar-refractivity contribution is 0.662. The molecule has 1 aliphatic carbocycles. The van der Waals surface area contributed by atoms with E-state index >= 15 is 0 Å². The van der Waals surface area contributed by atoms with E-state index in [2.05, 4.69) is 86.6 Å². The van der Waals surface area contributed by atoms with Crippen LogP contribution in [-0.4, -0.2) is 7.85 Å². The Morgan fingerprint density at radius 1 is 0.536 bits per heavy atom. The van der Waals surface area contributed by atoms with Gasteiger partial charge in [0.15, 0.2) is 0 Å². The summed E-state index contributed by atoms with van der Waals surface area (Å²) in [5.74, 6) is 0. The fourth-order valence-corrected chi connectivity index (χ4v) is 5.15. The summed E-state index contributed by atoms with van der Waals surface area (Å²) in [6.45, 7) is 4.62. The van der Waals surface area contributed by atoms with Gasteiger partial charge in [-0.1, -0.05) is 86.0 Å². The maximum atomic E-state index is 6.14. The molecule has 1 aliphatic rings. The molecule has 0 saturated heterocycles. The Bertz CT molecular complexity index is 1440. The highest BCUT2D eigenvalue weighted by molar-refractivity contribution is 6.32. The number of fused-ring (bicyclic) bond motifs is 9. The average molecular weight is 354 g/mol. The monoisotopic (exact) mass is 354 g/mol. The molecule has 0 saturated carbocycles. The van der Waals surface area contributed by atoms with Crippen LogP contribution < -0.4 is 5.46 Å². The minimum absolute atomic E-state index is 0.0546. The van der Waals surface area contributed by atoms with Crippen LogP contribution in [0.2, 0.25) is 0 Å². The minimum atomic E-state index is -0.0546. The van der Waals surface area contributed by atoms with E-state index in [9.17, 15) is 0 Å². The summed E-state index contributed by atoms with van der Waals surface area (Å²) in [4.78, 5) is 0. The maximum Gasteiger partial charge on any atom is 0.113 e. The number of rotatable bonds is 0. The fraction of sp³-hybridized carbons (Fsp3) is 0.111. The SMILES string of the molecule is [B]c1ccc2c(c1)C(C)(C)c1cc3c4ccccc4c4ccccc4c3cc1-2. The largest absolute Gasteiger partial charge is 0.113 e. The highest BCUT2D eigenvalue weighted by Crippen LogP contribution is 2.50. The van der Waals surface area contributed by atoms with E-state index in [0.29, 0.717) is 0 Å². The lowest BCUT2D eigenvalue weighted by Crippen LogP contribution is -2.17. The summed E-state index contributed by atoms with van der Waals surface area (Å²) in [6.07, 6.45) is 0. The Morgan fingerprint density at radius 2 is 1.04 bits per heavy atom. The first-order valence-electron chi connectivity index (χ1n) is 9.84. The summed E-state index contributed by atoms with van der Waals surface area (Å²) in [5, 5.41) is 7.95. The molecule has 0 spiro atoms. The molecule has 0 aliphatic heterocycles. The van der Waals surface area contributed by atoms with Gasteiger partial charge in [-0.25, -0.2) is 0 Å². The van der Waals surface area contributed by atoms with E-state index < -0.39 is 0 Å². The Hall–Kier alpha value is -3.06. The zero-order valence-corrected chi connectivity index (χ0v) is 16.1. The van der Waals surface area contributed by atoms with Crippen LogP contribution in [0.25, 0.3) is 43.4 Å². The van der Waals surface area contributed by atoms with Gasteiger partial charge >= 0.3 is 0 Å². The summed E-state index contributed by atoms with van der Waals surface area (Å²) in [6, 6.07) is 28.7. The van der Waals surface area contributed by atoms with E-state index in [1.165, 1.54) is 54.6 Å². The molecule has 0 N–H and O–H groups in total. The van der Waals surface area contributed by atoms with Crippen LogP contribution in [0, 0.1) is 0 Å². The molecule has 0 bridgehead atoms. The maximum absolute atomic E-state index is 6.14. The smallest absolute Gasteiger partial charge is 0.0963 e. The van der Waals surface area contributed by atoms with Crippen molar-refractivity contribution in [1.82, 2.24) is 0 Å². The van der Waals surface area contributed by atoms with E-state index in [4.69, 9.17) is 7.85 Å². The number of hydrogen-bond acceptors (Lipinski definition) is 0. The summed E-state index contributed by atoms with van der Waals surface area (Å²) in [7, 11) is 6.14. The van der Waals surface area contributed by atoms with Gasteiger partial charge in [0, 0.05) is 5.41 Å². The van der Waals surface area contributed by atoms with Gasteiger partial charge in [0.05, 0.1) is 0 Å². The molecule has 130 valence electrons. The molecule has 5 aromatic rings. The van der Waals surface area contributed by atoms with Crippen molar-refractivity contribution in [3.63, 3.8) is 0 Å². The highest BCUT2D eigenvalue weighted by Gasteiger charge is 2.35. The highest BCUT2D eigenvalue weighted by atomic mass is 14.4. The molecule has 0 heterocycles. The van der Waals surface area contributed by atoms with Gasteiger partial charge in [-0.05, 0) is 66.7 Å². The number of benzene rings is 5. The van der Waals surface area contributed by atoms with Crippen LogP contribution >= 0.6 is 0 Å². The summed E-state index contributed by atoms with van der Waals surface area (Å²) < 4.78 is 0. The first-order chi connectivity index (χ1) is 13.6. The van der Waals surface area contributed by atoms with E-state index in [0.717, 1.165) is 5.46 Å². The van der Waals surface area contributed by atoms with Gasteiger partial charge in [-0.2, -0.15) is 0 Å². The van der Waals surface area contributed by atoms with Crippen molar-refractivity contribution in [2.45, 2.75) is 19.3 Å². The lowest BCUT2D eigenvalue weighted by atomic mass is 9.79. The molecule has 0 atom stereocenters. The van der Waals surface area contributed by atoms with Crippen molar-refractivity contribution in [3.05, 3.63) is 90.0 Å². The van der Waals surface area contributed by atoms with Crippen molar-refractivity contribution >= 4 is 45.6 Å². The molecule has 0 aromatic heterocycles. The Morgan fingerprint density at radius 3 is 1.64 bits per heavy atom. The van der Waals surface area contributed by atoms with E-state index in [1.807, 2.05) is 6.07 Å². The third-order valence-corrected chi connectivity index (χ3v) is 6.56. The summed E-state index contributed by atoms with van der Waals surface area (Å²) >= 11 is 0. The predicted octanol–water partition coefficient (Wildman–Crippen LogP) is 6.25. The zero-order valence-electron chi connectivity index (χ0n) is 16.1. The molecule has 0 nitrogen and oxygen atoms in total. The second-order valence-electron chi connectivity index (χ2n) is 8.46. The fourth-order valence-electron chi connectivity index (χ4n) is 5.15. The molecule has 0 unspecified atom stereocenters. The Labute approximate surface area is 166 Å². The zero-order chi connectivity index (χ0) is 19.0. The van der Waals surface area contributed by atoms with Crippen molar-refractivity contribution < 1.29 is 0 Å². The molecular weight excluding hydrogens is 335 g/mol. The standard InChI is InChI=1S/C27H19B/c1-27(2)25-13-16(28)11-12-21(25)24-14-22-19-9-5-3-7-17(19)18-8-4-6-10-20(18)23(22)15-26(24)27/h3-15H,1-2H3. The Balaban J connectivity index is 1.85. The first kappa shape index (κ1) is 16.0. The van der Waals surface area contributed by atoms with Gasteiger partial charge in [0.25, 0.3) is 0 Å². The quantitative estimate of drug-likeness (QED) is 0.228. The number of hydrogen-bond donors (Lipinski definition) is 0. The molecule has 6 rings (SSSR count). The van der Waals surface area contributed by atoms with Crippen molar-refractivity contribution in [2.24, 2.45) is 0 Å². The van der Waals surface area contributed by atoms with Crippen LogP contribution in [0.4, 0.5) is 0 Å². The molecule has 5 aromatic carbocycles. The predicted molar refractivity (Wildman–Crippen MR) is 122 cm³/mol. The van der Waals surface area contributed by atoms with Crippen LogP contribution in [-0.2, 0) is 5.41 Å². The van der Waals surface area contributed by atoms with E-state index in [1.54, 1.807) is 0 Å². The van der Waals surface area contributed by atoms with Crippen LogP contribution in [0.1, 0.15) is 25.0 Å². The second-order valence-corrected chi connectivity index (χ2v) is 8.46. The molecule has 2 radical (unpaired) electrons. The molecule has 0 amide bonds. The van der Waals surface area contributed by atoms with Gasteiger partial charge in [0.2, 0.25) is 0 Å². The third kappa shape index (κ3) is 1.92. The van der Waals surface area contributed by atoms with Crippen molar-refractivity contribution in [3.8, 4) is 11.1 Å². The van der Waals surface area contributed by atoms with Gasteiger partial charge in [-0.15, -0.1) is 0 Å². The van der Waals surface area contributed by atoms with Crippen LogP contribution in [0.3, 0.4) is 0 Å². The van der Waals surface area contributed by atoms with Crippen molar-refractivity contribution in [2.75, 3.05) is 0 Å². The molecule has 28 heavy (non-hydrogen) atoms. The molecular formula is C27H19B. The van der Waals surface area contributed by atoms with Gasteiger partial charge < -0.3 is 0 Å². The third-order valence-electron chi connectivity index (χ3n) is 6.56.